The second kappa shape index (κ2) is 5.38. The van der Waals surface area contributed by atoms with E-state index in [0.717, 1.165) is 6.26 Å². The summed E-state index contributed by atoms with van der Waals surface area (Å²) in [5.41, 5.74) is -0.553. The van der Waals surface area contributed by atoms with Gasteiger partial charge in [-0.1, -0.05) is 13.8 Å². The number of sulfone groups is 1. The maximum Gasteiger partial charge on any atom is 0.235 e. The zero-order valence-corrected chi connectivity index (χ0v) is 12.0. The van der Waals surface area contributed by atoms with Crippen LogP contribution in [-0.2, 0) is 19.4 Å². The lowest BCUT2D eigenvalue weighted by Crippen LogP contribution is -2.36. The van der Waals surface area contributed by atoms with Crippen molar-refractivity contribution in [2.45, 2.75) is 39.5 Å². The molecular formula is C12H21NO4S. The molecule has 1 rings (SSSR count). The normalized spacial score (nSPS) is 19.6. The number of rotatable bonds is 6. The molecule has 0 saturated carbocycles. The SMILES string of the molecule is CCC1(CC)CC(=O)N(CCCS(C)(=O)=O)C1=O. The number of hydrogen-bond donors (Lipinski definition) is 0. The van der Waals surface area contributed by atoms with E-state index in [4.69, 9.17) is 0 Å². The number of nitrogens with zero attached hydrogens (tertiary/aromatic N) is 1. The minimum atomic E-state index is -3.04. The van der Waals surface area contributed by atoms with Crippen LogP contribution >= 0.6 is 0 Å². The monoisotopic (exact) mass is 275 g/mol. The van der Waals surface area contributed by atoms with E-state index in [2.05, 4.69) is 0 Å². The molecule has 1 aliphatic rings. The molecule has 0 aromatic rings. The Morgan fingerprint density at radius 1 is 1.22 bits per heavy atom. The summed E-state index contributed by atoms with van der Waals surface area (Å²) in [5, 5.41) is 0. The largest absolute Gasteiger partial charge is 0.282 e. The van der Waals surface area contributed by atoms with Crippen LogP contribution < -0.4 is 0 Å². The van der Waals surface area contributed by atoms with Crippen molar-refractivity contribution < 1.29 is 18.0 Å². The van der Waals surface area contributed by atoms with Gasteiger partial charge in [0.25, 0.3) is 0 Å². The summed E-state index contributed by atoms with van der Waals surface area (Å²) in [6.45, 7) is 4.04. The van der Waals surface area contributed by atoms with Crippen molar-refractivity contribution in [3.63, 3.8) is 0 Å². The van der Waals surface area contributed by atoms with Gasteiger partial charge in [-0.25, -0.2) is 8.42 Å². The van der Waals surface area contributed by atoms with Crippen molar-refractivity contribution >= 4 is 21.7 Å². The van der Waals surface area contributed by atoms with E-state index in [9.17, 15) is 18.0 Å². The van der Waals surface area contributed by atoms with E-state index >= 15 is 0 Å². The van der Waals surface area contributed by atoms with Gasteiger partial charge in [-0.3, -0.25) is 14.5 Å². The first kappa shape index (κ1) is 15.1. The van der Waals surface area contributed by atoms with Gasteiger partial charge in [0, 0.05) is 19.2 Å². The molecule has 0 spiro atoms. The Bertz CT molecular complexity index is 437. The Morgan fingerprint density at radius 2 is 1.78 bits per heavy atom. The molecule has 0 atom stereocenters. The van der Waals surface area contributed by atoms with Crippen molar-refractivity contribution in [3.05, 3.63) is 0 Å². The molecule has 1 aliphatic heterocycles. The number of hydrogen-bond acceptors (Lipinski definition) is 4. The van der Waals surface area contributed by atoms with Crippen LogP contribution in [0.1, 0.15) is 39.5 Å². The third-order valence-electron chi connectivity index (χ3n) is 3.74. The maximum atomic E-state index is 12.2. The van der Waals surface area contributed by atoms with Crippen LogP contribution in [0.3, 0.4) is 0 Å². The minimum absolute atomic E-state index is 0.00924. The third-order valence-corrected chi connectivity index (χ3v) is 4.77. The van der Waals surface area contributed by atoms with Gasteiger partial charge in [-0.15, -0.1) is 0 Å². The zero-order chi connectivity index (χ0) is 14.0. The molecule has 1 fully saturated rings. The smallest absolute Gasteiger partial charge is 0.235 e. The first-order chi connectivity index (χ1) is 8.25. The first-order valence-corrected chi connectivity index (χ1v) is 8.34. The fourth-order valence-electron chi connectivity index (χ4n) is 2.37. The Balaban J connectivity index is 2.68. The van der Waals surface area contributed by atoms with Gasteiger partial charge < -0.3 is 0 Å². The summed E-state index contributed by atoms with van der Waals surface area (Å²) in [4.78, 5) is 25.3. The molecule has 0 N–H and O–H groups in total. The molecule has 5 nitrogen and oxygen atoms in total. The summed E-state index contributed by atoms with van der Waals surface area (Å²) in [6, 6.07) is 0. The van der Waals surface area contributed by atoms with Crippen molar-refractivity contribution in [2.75, 3.05) is 18.6 Å². The predicted molar refractivity (Wildman–Crippen MR) is 68.7 cm³/mol. The Labute approximate surface area is 108 Å². The van der Waals surface area contributed by atoms with Gasteiger partial charge >= 0.3 is 0 Å². The highest BCUT2D eigenvalue weighted by Crippen LogP contribution is 2.39. The molecule has 2 amide bonds. The Hall–Kier alpha value is -0.910. The second-order valence-electron chi connectivity index (χ2n) is 5.00. The molecule has 1 heterocycles. The van der Waals surface area contributed by atoms with Crippen LogP contribution in [-0.4, -0.2) is 43.7 Å². The molecule has 0 aromatic heterocycles. The third kappa shape index (κ3) is 3.10. The fraction of sp³-hybridized carbons (Fsp3) is 0.833. The predicted octanol–water partition coefficient (Wildman–Crippen LogP) is 0.986. The van der Waals surface area contributed by atoms with E-state index < -0.39 is 15.3 Å². The van der Waals surface area contributed by atoms with Crippen molar-refractivity contribution in [1.29, 1.82) is 0 Å². The lowest BCUT2D eigenvalue weighted by atomic mass is 9.81. The van der Waals surface area contributed by atoms with Gasteiger partial charge in [0.1, 0.15) is 9.84 Å². The number of amides is 2. The average Bonchev–Trinajstić information content (AvgIpc) is 2.52. The number of carbonyl (C=O) groups excluding carboxylic acids is 2. The molecule has 1 saturated heterocycles. The number of likely N-dealkylation sites (tertiary alicyclic amines) is 1. The molecule has 0 unspecified atom stereocenters. The molecule has 0 bridgehead atoms. The second-order valence-corrected chi connectivity index (χ2v) is 7.26. The van der Waals surface area contributed by atoms with Gasteiger partial charge in [0.15, 0.2) is 0 Å². The summed E-state index contributed by atoms with van der Waals surface area (Å²) in [6.07, 6.45) is 3.04. The van der Waals surface area contributed by atoms with Crippen molar-refractivity contribution in [2.24, 2.45) is 5.41 Å². The van der Waals surface area contributed by atoms with Crippen LogP contribution in [0.5, 0.6) is 0 Å². The highest BCUT2D eigenvalue weighted by Gasteiger charge is 2.48. The van der Waals surface area contributed by atoms with Crippen LogP contribution in [0.25, 0.3) is 0 Å². The summed E-state index contributed by atoms with van der Waals surface area (Å²) >= 11 is 0. The standard InChI is InChI=1S/C12H21NO4S/c1-4-12(5-2)9-10(14)13(11(12)15)7-6-8-18(3,16)17/h4-9H2,1-3H3. The van der Waals surface area contributed by atoms with E-state index in [1.165, 1.54) is 4.90 Å². The van der Waals surface area contributed by atoms with Gasteiger partial charge in [-0.05, 0) is 19.3 Å². The fourth-order valence-corrected chi connectivity index (χ4v) is 3.03. The van der Waals surface area contributed by atoms with E-state index in [1.807, 2.05) is 13.8 Å². The highest BCUT2D eigenvalue weighted by atomic mass is 32.2. The highest BCUT2D eigenvalue weighted by molar-refractivity contribution is 7.90. The Morgan fingerprint density at radius 3 is 2.17 bits per heavy atom. The summed E-state index contributed by atoms with van der Waals surface area (Å²) in [7, 11) is -3.04. The van der Waals surface area contributed by atoms with Gasteiger partial charge in [0.05, 0.1) is 11.2 Å². The van der Waals surface area contributed by atoms with Gasteiger partial charge in [-0.2, -0.15) is 0 Å². The average molecular weight is 275 g/mol. The summed E-state index contributed by atoms with van der Waals surface area (Å²) in [5.74, 6) is -0.293. The minimum Gasteiger partial charge on any atom is -0.282 e. The lowest BCUT2D eigenvalue weighted by Gasteiger charge is -2.23. The lowest BCUT2D eigenvalue weighted by molar-refractivity contribution is -0.141. The van der Waals surface area contributed by atoms with Gasteiger partial charge in [0.2, 0.25) is 11.8 Å². The Kier molecular flexibility index (Phi) is 4.53. The molecule has 104 valence electrons. The molecule has 0 radical (unpaired) electrons. The zero-order valence-electron chi connectivity index (χ0n) is 11.2. The number of imide groups is 1. The van der Waals surface area contributed by atoms with Crippen molar-refractivity contribution in [3.8, 4) is 0 Å². The van der Waals surface area contributed by atoms with E-state index in [-0.39, 0.29) is 30.5 Å². The topological polar surface area (TPSA) is 71.5 Å². The molecule has 0 aromatic carbocycles. The van der Waals surface area contributed by atoms with Crippen LogP contribution in [0.2, 0.25) is 0 Å². The van der Waals surface area contributed by atoms with Crippen molar-refractivity contribution in [1.82, 2.24) is 4.90 Å². The summed E-state index contributed by atoms with van der Waals surface area (Å²) < 4.78 is 22.0. The first-order valence-electron chi connectivity index (χ1n) is 6.28. The van der Waals surface area contributed by atoms with Crippen LogP contribution in [0.15, 0.2) is 0 Å². The van der Waals surface area contributed by atoms with Crippen LogP contribution in [0.4, 0.5) is 0 Å². The molecule has 0 aliphatic carbocycles. The molecular weight excluding hydrogens is 254 g/mol. The van der Waals surface area contributed by atoms with E-state index in [1.54, 1.807) is 0 Å². The molecule has 18 heavy (non-hydrogen) atoms. The quantitative estimate of drug-likeness (QED) is 0.678. The van der Waals surface area contributed by atoms with E-state index in [0.29, 0.717) is 19.3 Å². The van der Waals surface area contributed by atoms with Crippen LogP contribution in [0, 0.1) is 5.41 Å². The number of carbonyl (C=O) groups is 2. The maximum absolute atomic E-state index is 12.2. The molecule has 6 heteroatoms.